The fraction of sp³-hybridized carbons (Fsp3) is 0.208. The van der Waals surface area contributed by atoms with Crippen LogP contribution in [0.3, 0.4) is 0 Å². The van der Waals surface area contributed by atoms with Gasteiger partial charge in [-0.1, -0.05) is 30.3 Å². The van der Waals surface area contributed by atoms with E-state index in [1.165, 1.54) is 17.7 Å². The van der Waals surface area contributed by atoms with E-state index in [2.05, 4.69) is 34.8 Å². The standard InChI is InChI=1S/C24H26FN5O/c1-4-31-30-24(19-10-12-21(25)13-11-19)23(28-29(30)3)20-14-15-26-22(16-20)27-17(2)18-8-6-5-7-9-18/h5-17,28H,4H2,1-3H3,(H,26,27). The van der Waals surface area contributed by atoms with Gasteiger partial charge in [0, 0.05) is 30.4 Å². The number of hydroxylamine groups is 1. The van der Waals surface area contributed by atoms with E-state index in [1.54, 1.807) is 28.6 Å². The minimum Gasteiger partial charge on any atom is -0.364 e. The minimum atomic E-state index is -0.279. The van der Waals surface area contributed by atoms with Crippen molar-refractivity contribution in [3.8, 4) is 0 Å². The molecular weight excluding hydrogens is 393 g/mol. The summed E-state index contributed by atoms with van der Waals surface area (Å²) in [6.07, 6.45) is 1.77. The Labute approximate surface area is 181 Å². The molecule has 0 saturated carbocycles. The number of halogens is 1. The summed E-state index contributed by atoms with van der Waals surface area (Å²) in [5.74, 6) is 0.484. The van der Waals surface area contributed by atoms with Crippen LogP contribution in [-0.2, 0) is 4.84 Å². The van der Waals surface area contributed by atoms with E-state index in [1.807, 2.05) is 44.3 Å². The lowest BCUT2D eigenvalue weighted by Crippen LogP contribution is -2.39. The van der Waals surface area contributed by atoms with Crippen molar-refractivity contribution < 1.29 is 9.23 Å². The van der Waals surface area contributed by atoms with Gasteiger partial charge in [0.2, 0.25) is 0 Å². The molecule has 6 nitrogen and oxygen atoms in total. The largest absolute Gasteiger partial charge is 0.364 e. The molecule has 1 aliphatic rings. The number of nitrogens with zero attached hydrogens (tertiary/aromatic N) is 3. The maximum absolute atomic E-state index is 13.5. The Morgan fingerprint density at radius 1 is 1.06 bits per heavy atom. The van der Waals surface area contributed by atoms with Gasteiger partial charge in [0.15, 0.2) is 0 Å². The summed E-state index contributed by atoms with van der Waals surface area (Å²) in [6, 6.07) is 20.7. The van der Waals surface area contributed by atoms with E-state index in [0.717, 1.165) is 28.3 Å². The van der Waals surface area contributed by atoms with Gasteiger partial charge in [0.25, 0.3) is 0 Å². The van der Waals surface area contributed by atoms with Crippen LogP contribution >= 0.6 is 0 Å². The summed E-state index contributed by atoms with van der Waals surface area (Å²) < 4.78 is 13.5. The summed E-state index contributed by atoms with van der Waals surface area (Å²) in [5.41, 5.74) is 7.95. The molecule has 1 atom stereocenters. The third-order valence-electron chi connectivity index (χ3n) is 5.06. The molecule has 1 aromatic heterocycles. The summed E-state index contributed by atoms with van der Waals surface area (Å²) in [4.78, 5) is 10.3. The molecular formula is C24H26FN5O. The molecule has 0 bridgehead atoms. The first-order chi connectivity index (χ1) is 15.1. The Morgan fingerprint density at radius 3 is 2.52 bits per heavy atom. The lowest BCUT2D eigenvalue weighted by atomic mass is 10.1. The quantitative estimate of drug-likeness (QED) is 0.572. The maximum atomic E-state index is 13.5. The van der Waals surface area contributed by atoms with Gasteiger partial charge in [-0.3, -0.25) is 10.3 Å². The number of pyridine rings is 1. The maximum Gasteiger partial charge on any atom is 0.127 e. The molecule has 1 aliphatic heterocycles. The van der Waals surface area contributed by atoms with Gasteiger partial charge < -0.3 is 5.32 Å². The van der Waals surface area contributed by atoms with Gasteiger partial charge in [-0.05, 0) is 55.8 Å². The van der Waals surface area contributed by atoms with Crippen LogP contribution < -0.4 is 10.7 Å². The normalized spacial score (nSPS) is 15.2. The molecule has 4 rings (SSSR count). The van der Waals surface area contributed by atoms with E-state index in [-0.39, 0.29) is 11.9 Å². The van der Waals surface area contributed by atoms with Gasteiger partial charge in [0.1, 0.15) is 17.3 Å². The van der Waals surface area contributed by atoms with Gasteiger partial charge >= 0.3 is 0 Å². The average Bonchev–Trinajstić information content (AvgIpc) is 3.11. The monoisotopic (exact) mass is 419 g/mol. The molecule has 7 heteroatoms. The van der Waals surface area contributed by atoms with Crippen LogP contribution in [-0.4, -0.2) is 28.9 Å². The van der Waals surface area contributed by atoms with Crippen LogP contribution in [0.1, 0.15) is 36.6 Å². The fourth-order valence-corrected chi connectivity index (χ4v) is 3.55. The van der Waals surface area contributed by atoms with Crippen molar-refractivity contribution in [3.63, 3.8) is 0 Å². The highest BCUT2D eigenvalue weighted by Crippen LogP contribution is 2.34. The Morgan fingerprint density at radius 2 is 1.81 bits per heavy atom. The van der Waals surface area contributed by atoms with E-state index in [0.29, 0.717) is 6.61 Å². The molecule has 0 spiro atoms. The molecule has 0 radical (unpaired) electrons. The topological polar surface area (TPSA) is 52.7 Å². The van der Waals surface area contributed by atoms with Crippen LogP contribution in [0.4, 0.5) is 10.2 Å². The lowest BCUT2D eigenvalue weighted by Gasteiger charge is -2.26. The summed E-state index contributed by atoms with van der Waals surface area (Å²) in [7, 11) is 1.87. The molecule has 3 aromatic rings. The molecule has 0 fully saturated rings. The number of anilines is 1. The second-order valence-corrected chi connectivity index (χ2v) is 7.26. The van der Waals surface area contributed by atoms with E-state index < -0.39 is 0 Å². The van der Waals surface area contributed by atoms with Crippen LogP contribution in [0, 0.1) is 5.82 Å². The zero-order valence-corrected chi connectivity index (χ0v) is 17.8. The smallest absolute Gasteiger partial charge is 0.127 e. The number of hydrazine groups is 2. The van der Waals surface area contributed by atoms with Crippen molar-refractivity contribution >= 4 is 17.2 Å². The average molecular weight is 420 g/mol. The number of rotatable bonds is 7. The third-order valence-corrected chi connectivity index (χ3v) is 5.06. The predicted molar refractivity (Wildman–Crippen MR) is 120 cm³/mol. The van der Waals surface area contributed by atoms with Crippen molar-refractivity contribution in [1.29, 1.82) is 0 Å². The Balaban J connectivity index is 1.70. The highest BCUT2D eigenvalue weighted by atomic mass is 19.1. The van der Waals surface area contributed by atoms with Crippen molar-refractivity contribution in [1.82, 2.24) is 20.7 Å². The lowest BCUT2D eigenvalue weighted by molar-refractivity contribution is -0.230. The highest BCUT2D eigenvalue weighted by Gasteiger charge is 2.30. The molecule has 0 saturated heterocycles. The van der Waals surface area contributed by atoms with Crippen LogP contribution in [0.2, 0.25) is 0 Å². The van der Waals surface area contributed by atoms with Crippen molar-refractivity contribution in [3.05, 3.63) is 95.4 Å². The molecule has 2 aromatic carbocycles. The van der Waals surface area contributed by atoms with Crippen LogP contribution in [0.25, 0.3) is 11.4 Å². The number of benzene rings is 2. The van der Waals surface area contributed by atoms with Gasteiger partial charge in [-0.2, -0.15) is 5.17 Å². The van der Waals surface area contributed by atoms with E-state index in [9.17, 15) is 4.39 Å². The second kappa shape index (κ2) is 9.16. The zero-order chi connectivity index (χ0) is 21.8. The van der Waals surface area contributed by atoms with Crippen LogP contribution in [0.15, 0.2) is 72.9 Å². The number of hydrogen-bond acceptors (Lipinski definition) is 6. The first-order valence-electron chi connectivity index (χ1n) is 10.3. The zero-order valence-electron chi connectivity index (χ0n) is 17.8. The fourth-order valence-electron chi connectivity index (χ4n) is 3.55. The van der Waals surface area contributed by atoms with Gasteiger partial charge in [0.05, 0.1) is 12.3 Å². The molecule has 2 heterocycles. The van der Waals surface area contributed by atoms with E-state index in [4.69, 9.17) is 4.84 Å². The summed E-state index contributed by atoms with van der Waals surface area (Å²) in [6.45, 7) is 4.51. The molecule has 0 aliphatic carbocycles. The number of aromatic nitrogens is 1. The van der Waals surface area contributed by atoms with Crippen LogP contribution in [0.5, 0.6) is 0 Å². The number of hydrogen-bond donors (Lipinski definition) is 2. The van der Waals surface area contributed by atoms with Gasteiger partial charge in [-0.15, -0.1) is 5.12 Å². The van der Waals surface area contributed by atoms with Crippen molar-refractivity contribution in [2.75, 3.05) is 19.0 Å². The van der Waals surface area contributed by atoms with E-state index >= 15 is 0 Å². The van der Waals surface area contributed by atoms with Gasteiger partial charge in [-0.25, -0.2) is 9.37 Å². The molecule has 2 N–H and O–H groups in total. The first-order valence-corrected chi connectivity index (χ1v) is 10.3. The number of nitrogens with one attached hydrogen (secondary N) is 2. The molecule has 160 valence electrons. The second-order valence-electron chi connectivity index (χ2n) is 7.26. The van der Waals surface area contributed by atoms with Crippen molar-refractivity contribution in [2.45, 2.75) is 19.9 Å². The SMILES string of the molecule is CCON1C(c2ccc(F)cc2)=C(c2ccnc(NC(C)c3ccccc3)c2)NN1C. The third kappa shape index (κ3) is 4.52. The Bertz CT molecular complexity index is 1060. The van der Waals surface area contributed by atoms with Crippen molar-refractivity contribution in [2.24, 2.45) is 0 Å². The molecule has 1 unspecified atom stereocenters. The predicted octanol–water partition coefficient (Wildman–Crippen LogP) is 4.84. The first kappa shape index (κ1) is 20.8. The summed E-state index contributed by atoms with van der Waals surface area (Å²) in [5, 5.41) is 6.91. The minimum absolute atomic E-state index is 0.105. The Hall–Kier alpha value is -3.42. The Kier molecular flexibility index (Phi) is 6.16. The highest BCUT2D eigenvalue weighted by molar-refractivity contribution is 5.90. The summed E-state index contributed by atoms with van der Waals surface area (Å²) >= 11 is 0. The molecule has 0 amide bonds. The molecule has 31 heavy (non-hydrogen) atoms.